The first-order valence-corrected chi connectivity index (χ1v) is 12.4. The van der Waals surface area contributed by atoms with Gasteiger partial charge in [-0.1, -0.05) is 29.8 Å². The number of alkyl halides is 1. The average Bonchev–Trinajstić information content (AvgIpc) is 2.92. The molecule has 3 nitrogen and oxygen atoms in total. The molecule has 0 aromatic rings. The van der Waals surface area contributed by atoms with Crippen molar-refractivity contribution in [3.05, 3.63) is 0 Å². The number of hydrogen-bond acceptors (Lipinski definition) is 2. The number of amides is 1. The van der Waals surface area contributed by atoms with E-state index in [0.29, 0.717) is 17.6 Å². The van der Waals surface area contributed by atoms with Gasteiger partial charge >= 0.3 is 0 Å². The van der Waals surface area contributed by atoms with Gasteiger partial charge < -0.3 is 5.32 Å². The number of carbonyl (C=O) groups is 2. The first-order valence-electron chi connectivity index (χ1n) is 11.4. The standard InChI is InChI=1S/C24H38BrNO2/c1-22(2,3)26-21(28)18-9-8-16-15-7-6-14-12-20(27)19(25)13-24(14,5)17(15)10-11-23(16,18)4/h14-19H,6-13H2,1-5H3,(H,26,28)/t14-,15-,16-,17-,18+,19+,23-,24-/m0/s1. The Morgan fingerprint density at radius 1 is 1.04 bits per heavy atom. The molecule has 4 heteroatoms. The van der Waals surface area contributed by atoms with Gasteiger partial charge in [0.2, 0.25) is 5.91 Å². The summed E-state index contributed by atoms with van der Waals surface area (Å²) in [6, 6.07) is 0. The maximum Gasteiger partial charge on any atom is 0.224 e. The molecule has 0 aromatic carbocycles. The lowest BCUT2D eigenvalue weighted by Crippen LogP contribution is -2.56. The van der Waals surface area contributed by atoms with Crippen LogP contribution in [0.2, 0.25) is 0 Å². The predicted octanol–water partition coefficient (Wildman–Crippen LogP) is 5.50. The van der Waals surface area contributed by atoms with Crippen LogP contribution in [0.25, 0.3) is 0 Å². The van der Waals surface area contributed by atoms with Crippen molar-refractivity contribution in [2.45, 2.75) is 96.4 Å². The van der Waals surface area contributed by atoms with Gasteiger partial charge in [0.25, 0.3) is 0 Å². The maximum atomic E-state index is 13.1. The third kappa shape index (κ3) is 3.20. The van der Waals surface area contributed by atoms with Gasteiger partial charge in [0.1, 0.15) is 5.78 Å². The van der Waals surface area contributed by atoms with Crippen molar-refractivity contribution in [1.29, 1.82) is 0 Å². The van der Waals surface area contributed by atoms with Crippen LogP contribution in [0, 0.1) is 40.4 Å². The molecule has 0 radical (unpaired) electrons. The molecular weight excluding hydrogens is 414 g/mol. The molecule has 4 saturated carbocycles. The Bertz CT molecular complexity index is 670. The first-order chi connectivity index (χ1) is 13.0. The molecule has 158 valence electrons. The van der Waals surface area contributed by atoms with Crippen LogP contribution in [0.3, 0.4) is 0 Å². The van der Waals surface area contributed by atoms with Crippen molar-refractivity contribution >= 4 is 27.6 Å². The van der Waals surface area contributed by atoms with E-state index < -0.39 is 0 Å². The fourth-order valence-corrected chi connectivity index (χ4v) is 8.83. The van der Waals surface area contributed by atoms with Gasteiger partial charge in [0.05, 0.1) is 4.83 Å². The van der Waals surface area contributed by atoms with Gasteiger partial charge in [-0.3, -0.25) is 9.59 Å². The van der Waals surface area contributed by atoms with Gasteiger partial charge in [0, 0.05) is 17.9 Å². The zero-order valence-corrected chi connectivity index (χ0v) is 19.9. The Morgan fingerprint density at radius 3 is 2.39 bits per heavy atom. The minimum Gasteiger partial charge on any atom is -0.351 e. The molecule has 28 heavy (non-hydrogen) atoms. The van der Waals surface area contributed by atoms with Crippen LogP contribution >= 0.6 is 15.9 Å². The smallest absolute Gasteiger partial charge is 0.224 e. The lowest BCUT2D eigenvalue weighted by atomic mass is 9.45. The first kappa shape index (κ1) is 20.9. The van der Waals surface area contributed by atoms with Crippen molar-refractivity contribution in [3.63, 3.8) is 0 Å². The van der Waals surface area contributed by atoms with Crippen molar-refractivity contribution in [1.82, 2.24) is 5.32 Å². The van der Waals surface area contributed by atoms with E-state index in [1.54, 1.807) is 0 Å². The second kappa shape index (κ2) is 6.82. The van der Waals surface area contributed by atoms with E-state index in [-0.39, 0.29) is 33.0 Å². The monoisotopic (exact) mass is 451 g/mol. The van der Waals surface area contributed by atoms with E-state index in [0.717, 1.165) is 31.1 Å². The molecule has 0 aromatic heterocycles. The molecule has 1 amide bonds. The number of nitrogens with one attached hydrogen (secondary N) is 1. The summed E-state index contributed by atoms with van der Waals surface area (Å²) in [5.41, 5.74) is 0.282. The average molecular weight is 452 g/mol. The molecule has 1 N–H and O–H groups in total. The molecule has 4 aliphatic rings. The molecule has 4 rings (SSSR count). The van der Waals surface area contributed by atoms with Gasteiger partial charge in [-0.05, 0) is 100 Å². The number of rotatable bonds is 1. The van der Waals surface area contributed by atoms with Crippen LogP contribution in [0.4, 0.5) is 0 Å². The van der Waals surface area contributed by atoms with E-state index in [1.807, 2.05) is 0 Å². The number of carbonyl (C=O) groups excluding carboxylic acids is 2. The van der Waals surface area contributed by atoms with E-state index in [4.69, 9.17) is 0 Å². The van der Waals surface area contributed by atoms with Crippen LogP contribution in [-0.2, 0) is 9.59 Å². The minimum atomic E-state index is -0.159. The molecule has 4 fully saturated rings. The Morgan fingerprint density at radius 2 is 1.71 bits per heavy atom. The number of hydrogen-bond donors (Lipinski definition) is 1. The number of Topliss-reactive ketones (excluding diaryl/α,β-unsaturated/α-hetero) is 1. The second-order valence-electron chi connectivity index (χ2n) is 11.9. The Kier molecular flexibility index (Phi) is 5.08. The summed E-state index contributed by atoms with van der Waals surface area (Å²) in [4.78, 5) is 25.5. The molecule has 0 spiro atoms. The van der Waals surface area contributed by atoms with Gasteiger partial charge in [-0.15, -0.1) is 0 Å². The SMILES string of the molecule is CC(C)(C)NC(=O)[C@H]1CC[C@H]2[C@@H]3CC[C@H]4CC(=O)[C@H](Br)C[C@]4(C)[C@H]3CC[C@]12C. The summed E-state index contributed by atoms with van der Waals surface area (Å²) >= 11 is 3.69. The molecule has 0 unspecified atom stereocenters. The summed E-state index contributed by atoms with van der Waals surface area (Å²) in [7, 11) is 0. The summed E-state index contributed by atoms with van der Waals surface area (Å²) in [5.74, 6) is 3.57. The highest BCUT2D eigenvalue weighted by molar-refractivity contribution is 9.10. The molecule has 0 saturated heterocycles. The molecule has 0 bridgehead atoms. The summed E-state index contributed by atoms with van der Waals surface area (Å²) in [5, 5.41) is 3.27. The van der Waals surface area contributed by atoms with E-state index in [1.165, 1.54) is 32.1 Å². The highest BCUT2D eigenvalue weighted by Crippen LogP contribution is 2.67. The highest BCUT2D eigenvalue weighted by Gasteiger charge is 2.62. The highest BCUT2D eigenvalue weighted by atomic mass is 79.9. The largest absolute Gasteiger partial charge is 0.351 e. The molecule has 4 aliphatic carbocycles. The maximum absolute atomic E-state index is 13.1. The fourth-order valence-electron chi connectivity index (χ4n) is 7.95. The lowest BCUT2D eigenvalue weighted by molar-refractivity contribution is -0.144. The number of fused-ring (bicyclic) bond motifs is 5. The van der Waals surface area contributed by atoms with Crippen LogP contribution in [-0.4, -0.2) is 22.1 Å². The van der Waals surface area contributed by atoms with Crippen molar-refractivity contribution in [2.24, 2.45) is 40.4 Å². The minimum absolute atomic E-state index is 0.0506. The van der Waals surface area contributed by atoms with Gasteiger partial charge in [0.15, 0.2) is 0 Å². The zero-order chi connectivity index (χ0) is 20.5. The van der Waals surface area contributed by atoms with Gasteiger partial charge in [-0.2, -0.15) is 0 Å². The van der Waals surface area contributed by atoms with E-state index in [9.17, 15) is 9.59 Å². The molecule has 8 atom stereocenters. The Balaban J connectivity index is 1.56. The normalized spacial score (nSPS) is 48.4. The third-order valence-electron chi connectivity index (χ3n) is 9.30. The third-order valence-corrected chi connectivity index (χ3v) is 10.1. The van der Waals surface area contributed by atoms with Crippen LogP contribution in [0.1, 0.15) is 86.0 Å². The van der Waals surface area contributed by atoms with Crippen molar-refractivity contribution < 1.29 is 9.59 Å². The number of halogens is 1. The Labute approximate surface area is 179 Å². The predicted molar refractivity (Wildman–Crippen MR) is 116 cm³/mol. The topological polar surface area (TPSA) is 46.2 Å². The second-order valence-corrected chi connectivity index (χ2v) is 13.0. The fraction of sp³-hybridized carbons (Fsp3) is 0.917. The number of ketones is 1. The van der Waals surface area contributed by atoms with Crippen LogP contribution in [0.5, 0.6) is 0 Å². The van der Waals surface area contributed by atoms with Gasteiger partial charge in [-0.25, -0.2) is 0 Å². The van der Waals surface area contributed by atoms with E-state index >= 15 is 0 Å². The summed E-state index contributed by atoms with van der Waals surface area (Å²) < 4.78 is 0. The molecular formula is C24H38BrNO2. The molecule has 0 heterocycles. The zero-order valence-electron chi connectivity index (χ0n) is 18.3. The Hall–Kier alpha value is -0.380. The van der Waals surface area contributed by atoms with Crippen molar-refractivity contribution in [2.75, 3.05) is 0 Å². The summed E-state index contributed by atoms with van der Waals surface area (Å²) in [6.07, 6.45) is 8.91. The lowest BCUT2D eigenvalue weighted by Gasteiger charge is -2.60. The molecule has 0 aliphatic heterocycles. The van der Waals surface area contributed by atoms with Crippen molar-refractivity contribution in [3.8, 4) is 0 Å². The van der Waals surface area contributed by atoms with E-state index in [2.05, 4.69) is 55.9 Å². The van der Waals surface area contributed by atoms with Crippen LogP contribution < -0.4 is 5.32 Å². The quantitative estimate of drug-likeness (QED) is 0.534. The van der Waals surface area contributed by atoms with Crippen LogP contribution in [0.15, 0.2) is 0 Å². The summed E-state index contributed by atoms with van der Waals surface area (Å²) in [6.45, 7) is 11.1.